The quantitative estimate of drug-likeness (QED) is 0.269. The number of amides is 1. The largest absolute Gasteiger partial charge is 0.435 e. The number of carbonyl (C=O) groups is 1. The third-order valence-corrected chi connectivity index (χ3v) is 11.8. The number of likely N-dealkylation sites (tertiary alicyclic amines) is 1. The van der Waals surface area contributed by atoms with Gasteiger partial charge in [0.15, 0.2) is 9.84 Å². The smallest absolute Gasteiger partial charge is 0.337 e. The summed E-state index contributed by atoms with van der Waals surface area (Å²) in [5.41, 5.74) is -6.92. The van der Waals surface area contributed by atoms with Crippen LogP contribution in [0.5, 0.6) is 0 Å². The van der Waals surface area contributed by atoms with Gasteiger partial charge in [0.25, 0.3) is 0 Å². The van der Waals surface area contributed by atoms with Crippen molar-refractivity contribution in [3.05, 3.63) is 63.7 Å². The molecule has 1 saturated heterocycles. The predicted octanol–water partition coefficient (Wildman–Crippen LogP) is 8.37. The van der Waals surface area contributed by atoms with Crippen molar-refractivity contribution in [3.8, 4) is 0 Å². The number of carbonyl (C=O) groups excluding carboxylic acids is 1. The van der Waals surface area contributed by atoms with Gasteiger partial charge in [-0.25, -0.2) is 12.8 Å². The fourth-order valence-electron chi connectivity index (χ4n) is 6.77. The maximum atomic E-state index is 15.0. The minimum absolute atomic E-state index is 0.0194. The van der Waals surface area contributed by atoms with E-state index in [-0.39, 0.29) is 58.7 Å². The summed E-state index contributed by atoms with van der Waals surface area (Å²) in [5.74, 6) is -0.596. The highest BCUT2D eigenvalue weighted by atomic mass is 35.5. The van der Waals surface area contributed by atoms with Crippen LogP contribution in [0.2, 0.25) is 5.02 Å². The van der Waals surface area contributed by atoms with Crippen molar-refractivity contribution < 1.29 is 43.9 Å². The summed E-state index contributed by atoms with van der Waals surface area (Å²) in [7, 11) is -4.45. The SMILES string of the molecule is CCCC(CCC)C(=O)N1CCC2(S(=O)(=O)c3ccc(C)c(Cl)c3)c3ccc(C(F)(C(F)(F)F)C(F)(F)F)cc3CCC12. The Kier molecular flexibility index (Phi) is 9.01. The maximum Gasteiger partial charge on any atom is 0.435 e. The van der Waals surface area contributed by atoms with Crippen LogP contribution in [0.4, 0.5) is 30.7 Å². The van der Waals surface area contributed by atoms with E-state index in [9.17, 15) is 39.6 Å². The van der Waals surface area contributed by atoms with Crippen molar-refractivity contribution >= 4 is 27.3 Å². The van der Waals surface area contributed by atoms with Crippen LogP contribution in [0.3, 0.4) is 0 Å². The van der Waals surface area contributed by atoms with E-state index < -0.39 is 44.2 Å². The predicted molar refractivity (Wildman–Crippen MR) is 148 cm³/mol. The summed E-state index contributed by atoms with van der Waals surface area (Å²) in [6, 6.07) is 4.85. The highest BCUT2D eigenvalue weighted by Crippen LogP contribution is 2.57. The van der Waals surface area contributed by atoms with Gasteiger partial charge in [-0.15, -0.1) is 0 Å². The van der Waals surface area contributed by atoms with E-state index in [1.807, 2.05) is 13.8 Å². The second-order valence-corrected chi connectivity index (χ2v) is 14.1. The Balaban J connectivity index is 1.95. The second-order valence-electron chi connectivity index (χ2n) is 11.4. The van der Waals surface area contributed by atoms with Crippen molar-refractivity contribution in [2.45, 2.75) is 99.4 Å². The summed E-state index contributed by atoms with van der Waals surface area (Å²) in [5, 5.41) is 0.148. The van der Waals surface area contributed by atoms with Crippen molar-refractivity contribution in [1.82, 2.24) is 4.90 Å². The third kappa shape index (κ3) is 5.23. The van der Waals surface area contributed by atoms with E-state index >= 15 is 4.39 Å². The zero-order chi connectivity index (χ0) is 32.2. The number of sulfone groups is 1. The number of halogens is 8. The molecule has 2 aromatic rings. The van der Waals surface area contributed by atoms with E-state index in [1.165, 1.54) is 23.1 Å². The van der Waals surface area contributed by atoms with Crippen LogP contribution in [0.25, 0.3) is 0 Å². The molecule has 0 N–H and O–H groups in total. The molecular formula is C30H33ClF7NO3S. The summed E-state index contributed by atoms with van der Waals surface area (Å²) in [6.45, 7) is 5.54. The van der Waals surface area contributed by atoms with Crippen LogP contribution in [0.1, 0.15) is 74.6 Å². The van der Waals surface area contributed by atoms with Crippen LogP contribution in [-0.4, -0.2) is 44.2 Å². The molecule has 0 saturated carbocycles. The van der Waals surface area contributed by atoms with Crippen LogP contribution in [-0.2, 0) is 31.5 Å². The molecule has 2 atom stereocenters. The number of rotatable bonds is 8. The van der Waals surface area contributed by atoms with Gasteiger partial charge in [-0.1, -0.05) is 62.6 Å². The lowest BCUT2D eigenvalue weighted by molar-refractivity contribution is -0.348. The highest BCUT2D eigenvalue weighted by Gasteiger charge is 2.74. The van der Waals surface area contributed by atoms with Crippen LogP contribution >= 0.6 is 11.6 Å². The van der Waals surface area contributed by atoms with Crippen molar-refractivity contribution in [3.63, 3.8) is 0 Å². The molecule has 0 spiro atoms. The molecule has 1 fully saturated rings. The first-order valence-electron chi connectivity index (χ1n) is 14.2. The third-order valence-electron chi connectivity index (χ3n) is 8.91. The van der Waals surface area contributed by atoms with Gasteiger partial charge in [0.1, 0.15) is 4.75 Å². The Morgan fingerprint density at radius 3 is 2.14 bits per heavy atom. The number of hydrogen-bond acceptors (Lipinski definition) is 3. The lowest BCUT2D eigenvalue weighted by Crippen LogP contribution is -2.53. The normalized spacial score (nSPS) is 21.2. The molecule has 2 aliphatic rings. The molecular weight excluding hydrogens is 623 g/mol. The molecule has 0 bridgehead atoms. The molecule has 13 heteroatoms. The minimum atomic E-state index is -6.32. The molecule has 2 unspecified atom stereocenters. The average Bonchev–Trinajstić information content (AvgIpc) is 3.33. The first kappa shape index (κ1) is 33.6. The molecule has 4 rings (SSSR count). The van der Waals surface area contributed by atoms with Crippen molar-refractivity contribution in [2.75, 3.05) is 6.54 Å². The van der Waals surface area contributed by atoms with E-state index in [4.69, 9.17) is 11.6 Å². The van der Waals surface area contributed by atoms with Gasteiger partial charge in [0.05, 0.1) is 10.9 Å². The molecule has 238 valence electrons. The minimum Gasteiger partial charge on any atom is -0.337 e. The Bertz CT molecular complexity index is 1470. The van der Waals surface area contributed by atoms with Gasteiger partial charge in [0, 0.05) is 23.0 Å². The maximum absolute atomic E-state index is 15.0. The molecule has 2 aromatic carbocycles. The molecule has 1 heterocycles. The average molecular weight is 656 g/mol. The number of aryl methyl sites for hydroxylation is 2. The highest BCUT2D eigenvalue weighted by molar-refractivity contribution is 7.92. The monoisotopic (exact) mass is 655 g/mol. The summed E-state index contributed by atoms with van der Waals surface area (Å²) in [6.07, 6.45) is -10.4. The Hall–Kier alpha value is -2.34. The van der Waals surface area contributed by atoms with Crippen LogP contribution in [0, 0.1) is 12.8 Å². The van der Waals surface area contributed by atoms with E-state index in [0.29, 0.717) is 30.5 Å². The Morgan fingerprint density at radius 1 is 1.00 bits per heavy atom. The lowest BCUT2D eigenvalue weighted by Gasteiger charge is -2.43. The van der Waals surface area contributed by atoms with Gasteiger partial charge in [-0.05, 0) is 67.9 Å². The zero-order valence-corrected chi connectivity index (χ0v) is 25.5. The molecule has 1 amide bonds. The number of hydrogen-bond donors (Lipinski definition) is 0. The first-order valence-corrected chi connectivity index (χ1v) is 16.0. The van der Waals surface area contributed by atoms with Gasteiger partial charge >= 0.3 is 18.0 Å². The molecule has 0 aromatic heterocycles. The molecule has 43 heavy (non-hydrogen) atoms. The zero-order valence-electron chi connectivity index (χ0n) is 23.9. The van der Waals surface area contributed by atoms with Crippen molar-refractivity contribution in [1.29, 1.82) is 0 Å². The molecule has 4 nitrogen and oxygen atoms in total. The summed E-state index contributed by atoms with van der Waals surface area (Å²) >= 11 is 6.26. The van der Waals surface area contributed by atoms with Gasteiger partial charge in [-0.3, -0.25) is 4.79 Å². The van der Waals surface area contributed by atoms with Crippen LogP contribution in [0.15, 0.2) is 41.3 Å². The van der Waals surface area contributed by atoms with Gasteiger partial charge < -0.3 is 4.90 Å². The Morgan fingerprint density at radius 2 is 1.60 bits per heavy atom. The number of nitrogens with zero attached hydrogens (tertiary/aromatic N) is 1. The molecule has 1 aliphatic carbocycles. The van der Waals surface area contributed by atoms with Gasteiger partial charge in [-0.2, -0.15) is 26.3 Å². The molecule has 0 radical (unpaired) electrons. The fraction of sp³-hybridized carbons (Fsp3) is 0.567. The Labute approximate surface area is 251 Å². The standard InChI is InChI=1S/C30H33ClF7NO3S/c1-4-6-19(7-5-2)26(40)39-15-14-27(43(41,42)22-11-8-18(3)24(31)17-22)23-12-10-21(16-20(23)9-13-25(27)39)28(32,29(33,34)35)30(36,37)38/h8,10-12,16-17,19,25H,4-7,9,13-15H2,1-3H3. The lowest BCUT2D eigenvalue weighted by atomic mass is 9.76. The number of fused-ring (bicyclic) bond motifs is 3. The summed E-state index contributed by atoms with van der Waals surface area (Å²) < 4.78 is 124. The molecule has 1 aliphatic heterocycles. The number of benzene rings is 2. The van der Waals surface area contributed by atoms with Crippen LogP contribution < -0.4 is 0 Å². The van der Waals surface area contributed by atoms with E-state index in [2.05, 4.69) is 0 Å². The topological polar surface area (TPSA) is 54.5 Å². The number of alkyl halides is 7. The van der Waals surface area contributed by atoms with Gasteiger partial charge in [0.2, 0.25) is 5.91 Å². The summed E-state index contributed by atoms with van der Waals surface area (Å²) in [4.78, 5) is 15.1. The second kappa shape index (κ2) is 11.5. The van der Waals surface area contributed by atoms with Crippen molar-refractivity contribution in [2.24, 2.45) is 5.92 Å². The van der Waals surface area contributed by atoms with E-state index in [0.717, 1.165) is 18.9 Å². The fourth-order valence-corrected chi connectivity index (χ4v) is 9.41. The van der Waals surface area contributed by atoms with E-state index in [1.54, 1.807) is 6.92 Å². The first-order chi connectivity index (χ1) is 19.9.